The summed E-state index contributed by atoms with van der Waals surface area (Å²) in [4.78, 5) is 28.3. The highest BCUT2D eigenvalue weighted by atomic mass is 19.4. The van der Waals surface area contributed by atoms with Crippen LogP contribution in [0.5, 0.6) is 0 Å². The number of piperidine rings is 2. The Morgan fingerprint density at radius 3 is 2.50 bits per heavy atom. The number of aliphatic hydroxyl groups is 1. The van der Waals surface area contributed by atoms with Crippen molar-refractivity contribution in [3.8, 4) is 0 Å². The number of hydrogen-bond acceptors (Lipinski definition) is 5. The Kier molecular flexibility index (Phi) is 6.64. The summed E-state index contributed by atoms with van der Waals surface area (Å²) < 4.78 is 39.3. The molecule has 2 aromatic rings. The van der Waals surface area contributed by atoms with Gasteiger partial charge in [-0.3, -0.25) is 14.6 Å². The quantitative estimate of drug-likeness (QED) is 0.645. The topological polar surface area (TPSA) is 94.0 Å². The third-order valence-electron chi connectivity index (χ3n) is 6.30. The molecule has 1 amide bonds. The third-order valence-corrected chi connectivity index (χ3v) is 6.30. The van der Waals surface area contributed by atoms with Gasteiger partial charge in [0.25, 0.3) is 6.47 Å². The number of hydrogen-bond donors (Lipinski definition) is 2. The number of nitrogens with zero attached hydrogens (tertiary/aromatic N) is 3. The zero-order valence-electron chi connectivity index (χ0n) is 17.9. The van der Waals surface area contributed by atoms with Crippen molar-refractivity contribution in [1.29, 1.82) is 0 Å². The number of carbonyl (C=O) groups excluding carboxylic acids is 1. The third kappa shape index (κ3) is 4.79. The minimum Gasteiger partial charge on any atom is -0.483 e. The lowest BCUT2D eigenvalue weighted by Crippen LogP contribution is -2.60. The summed E-state index contributed by atoms with van der Waals surface area (Å²) in [6.07, 6.45) is -3.30. The fourth-order valence-corrected chi connectivity index (χ4v) is 4.58. The molecule has 2 saturated heterocycles. The van der Waals surface area contributed by atoms with Crippen molar-refractivity contribution < 1.29 is 33.0 Å². The number of alkyl halides is 3. The van der Waals surface area contributed by atoms with Gasteiger partial charge in [0.05, 0.1) is 16.7 Å². The van der Waals surface area contributed by atoms with Gasteiger partial charge in [-0.2, -0.15) is 13.2 Å². The molecule has 0 saturated carbocycles. The van der Waals surface area contributed by atoms with Gasteiger partial charge in [-0.05, 0) is 38.0 Å². The Labute approximate surface area is 183 Å². The van der Waals surface area contributed by atoms with Crippen molar-refractivity contribution in [2.24, 2.45) is 5.92 Å². The maximum absolute atomic E-state index is 13.1. The Morgan fingerprint density at radius 2 is 1.88 bits per heavy atom. The Hall–Kier alpha value is -2.88. The first kappa shape index (κ1) is 23.8. The zero-order valence-corrected chi connectivity index (χ0v) is 17.9. The van der Waals surface area contributed by atoms with Gasteiger partial charge in [0.15, 0.2) is 0 Å². The van der Waals surface area contributed by atoms with Crippen LogP contribution >= 0.6 is 0 Å². The summed E-state index contributed by atoms with van der Waals surface area (Å²) in [5.41, 5.74) is 0.255. The molecule has 0 bridgehead atoms. The summed E-state index contributed by atoms with van der Waals surface area (Å²) in [6, 6.07) is 5.53. The van der Waals surface area contributed by atoms with Gasteiger partial charge in [-0.15, -0.1) is 0 Å². The summed E-state index contributed by atoms with van der Waals surface area (Å²) in [7, 11) is 0. The molecule has 1 aromatic heterocycles. The molecule has 2 fully saturated rings. The molecule has 7 nitrogen and oxygen atoms in total. The van der Waals surface area contributed by atoms with E-state index >= 15 is 0 Å². The van der Waals surface area contributed by atoms with Crippen LogP contribution in [-0.4, -0.2) is 64.3 Å². The lowest BCUT2D eigenvalue weighted by Gasteiger charge is -2.50. The van der Waals surface area contributed by atoms with Gasteiger partial charge >= 0.3 is 6.18 Å². The van der Waals surface area contributed by atoms with Crippen molar-refractivity contribution >= 4 is 29.0 Å². The number of anilines is 1. The van der Waals surface area contributed by atoms with Gasteiger partial charge in [0, 0.05) is 55.8 Å². The molecular weight excluding hydrogens is 427 g/mol. The van der Waals surface area contributed by atoms with E-state index in [0.29, 0.717) is 55.6 Å². The van der Waals surface area contributed by atoms with Gasteiger partial charge in [0.2, 0.25) is 5.91 Å². The van der Waals surface area contributed by atoms with Gasteiger partial charge < -0.3 is 20.0 Å². The van der Waals surface area contributed by atoms with Crippen molar-refractivity contribution in [2.75, 3.05) is 31.1 Å². The van der Waals surface area contributed by atoms with Crippen LogP contribution in [0.15, 0.2) is 24.3 Å². The lowest BCUT2D eigenvalue weighted by atomic mass is 9.75. The van der Waals surface area contributed by atoms with E-state index in [1.54, 1.807) is 11.8 Å². The molecular formula is C22H26F3N3O4. The minimum absolute atomic E-state index is 0.00550. The second-order valence-corrected chi connectivity index (χ2v) is 8.33. The average molecular weight is 453 g/mol. The highest BCUT2D eigenvalue weighted by Crippen LogP contribution is 2.40. The predicted molar refractivity (Wildman–Crippen MR) is 112 cm³/mol. The maximum atomic E-state index is 13.1. The summed E-state index contributed by atoms with van der Waals surface area (Å²) in [5, 5.41) is 18.6. The fraction of sp³-hybridized carbons (Fsp3) is 0.500. The van der Waals surface area contributed by atoms with Crippen molar-refractivity contribution in [2.45, 2.75) is 38.5 Å². The van der Waals surface area contributed by atoms with Gasteiger partial charge in [-0.25, -0.2) is 0 Å². The van der Waals surface area contributed by atoms with E-state index in [9.17, 15) is 23.1 Å². The van der Waals surface area contributed by atoms with Crippen LogP contribution in [0.1, 0.15) is 31.0 Å². The van der Waals surface area contributed by atoms with Crippen LogP contribution < -0.4 is 4.90 Å². The highest BCUT2D eigenvalue weighted by Gasteiger charge is 2.45. The Morgan fingerprint density at radius 1 is 1.22 bits per heavy atom. The molecule has 0 aliphatic carbocycles. The zero-order chi connectivity index (χ0) is 23.7. The number of halogens is 3. The number of likely N-dealkylation sites (tertiary alicyclic amines) is 1. The second-order valence-electron chi connectivity index (χ2n) is 8.33. The van der Waals surface area contributed by atoms with E-state index in [2.05, 4.69) is 9.88 Å². The van der Waals surface area contributed by atoms with Gasteiger partial charge in [0.1, 0.15) is 0 Å². The summed E-state index contributed by atoms with van der Waals surface area (Å²) >= 11 is 0. The molecule has 10 heteroatoms. The van der Waals surface area contributed by atoms with E-state index in [1.807, 2.05) is 6.07 Å². The number of pyridine rings is 1. The predicted octanol–water partition coefficient (Wildman–Crippen LogP) is 3.07. The molecule has 3 heterocycles. The first-order valence-electron chi connectivity index (χ1n) is 10.3. The van der Waals surface area contributed by atoms with Crippen LogP contribution in [0.3, 0.4) is 0 Å². The van der Waals surface area contributed by atoms with Crippen LogP contribution in [0.4, 0.5) is 18.9 Å². The van der Waals surface area contributed by atoms with Crippen LogP contribution in [0.2, 0.25) is 0 Å². The Bertz CT molecular complexity index is 1010. The van der Waals surface area contributed by atoms with E-state index in [1.165, 1.54) is 13.0 Å². The molecule has 2 aliphatic heterocycles. The molecule has 2 N–H and O–H groups in total. The van der Waals surface area contributed by atoms with Gasteiger partial charge in [-0.1, -0.05) is 6.07 Å². The molecule has 0 unspecified atom stereocenters. The van der Waals surface area contributed by atoms with Crippen molar-refractivity contribution in [3.63, 3.8) is 0 Å². The number of rotatable bonds is 1. The number of carboxylic acid groups (broad SMARTS) is 1. The summed E-state index contributed by atoms with van der Waals surface area (Å²) in [5.74, 6) is -0.110. The van der Waals surface area contributed by atoms with Crippen LogP contribution in [-0.2, 0) is 15.8 Å². The number of fused-ring (bicyclic) bond motifs is 2. The van der Waals surface area contributed by atoms with E-state index in [0.717, 1.165) is 17.8 Å². The molecule has 32 heavy (non-hydrogen) atoms. The van der Waals surface area contributed by atoms with Crippen LogP contribution in [0.25, 0.3) is 10.9 Å². The standard InChI is InChI=1S/C21H24F3N3O2.CH2O2/c1-13-9-19(17-4-3-15(21(22,23)24)10-18(17)25-13)27-8-6-20(29)5-7-26(14(2)28)11-16(20)12-27;2-1-3/h3-4,9-10,16,29H,5-8,11-12H2,1-2H3;1H,(H,2,3)/t16-,20-;/m0./s1. The minimum atomic E-state index is -4.42. The number of aryl methyl sites for hydroxylation is 1. The normalized spacial score (nSPS) is 23.2. The molecule has 2 aliphatic rings. The first-order valence-corrected chi connectivity index (χ1v) is 10.3. The number of carbonyl (C=O) groups is 2. The van der Waals surface area contributed by atoms with E-state index < -0.39 is 17.3 Å². The Balaban J connectivity index is 0.000000913. The van der Waals surface area contributed by atoms with E-state index in [4.69, 9.17) is 9.90 Å². The largest absolute Gasteiger partial charge is 0.483 e. The van der Waals surface area contributed by atoms with E-state index in [-0.39, 0.29) is 18.3 Å². The molecule has 0 radical (unpaired) electrons. The average Bonchev–Trinajstić information content (AvgIpc) is 2.71. The second kappa shape index (κ2) is 8.93. The summed E-state index contributed by atoms with van der Waals surface area (Å²) in [6.45, 7) is 5.24. The maximum Gasteiger partial charge on any atom is 0.416 e. The van der Waals surface area contributed by atoms with Crippen LogP contribution in [0, 0.1) is 12.8 Å². The first-order chi connectivity index (χ1) is 15.0. The fourth-order valence-electron chi connectivity index (χ4n) is 4.58. The molecule has 0 spiro atoms. The number of amides is 1. The molecule has 1 aromatic carbocycles. The number of aromatic nitrogens is 1. The molecule has 4 rings (SSSR count). The number of benzene rings is 1. The molecule has 2 atom stereocenters. The smallest absolute Gasteiger partial charge is 0.416 e. The van der Waals surface area contributed by atoms with Crippen molar-refractivity contribution in [3.05, 3.63) is 35.5 Å². The van der Waals surface area contributed by atoms with Crippen molar-refractivity contribution in [1.82, 2.24) is 9.88 Å². The molecule has 174 valence electrons. The highest BCUT2D eigenvalue weighted by molar-refractivity contribution is 5.92. The lowest BCUT2D eigenvalue weighted by molar-refractivity contribution is -0.139. The SMILES string of the molecule is CC(=O)N1CC[C@]2(O)CCN(c3cc(C)nc4cc(C(F)(F)F)ccc34)C[C@@H]2C1.O=CO. The monoisotopic (exact) mass is 453 g/mol.